The zero-order valence-corrected chi connectivity index (χ0v) is 17.3. The molecule has 0 aliphatic carbocycles. The normalized spacial score (nSPS) is 12.4. The number of aromatic hydroxyl groups is 4. The average Bonchev–Trinajstić information content (AvgIpc) is 2.60. The van der Waals surface area contributed by atoms with Crippen molar-refractivity contribution >= 4 is 0 Å². The summed E-state index contributed by atoms with van der Waals surface area (Å²) in [4.78, 5) is 0. The summed E-state index contributed by atoms with van der Waals surface area (Å²) in [6, 6.07) is 7.94. The SMILES string of the molecule is CC(C)CCCC(C)CCc1c(O)cc(CCc2ccc(O)cc2O)cc1O. The number of hydrogen-bond acceptors (Lipinski definition) is 4. The van der Waals surface area contributed by atoms with Crippen LogP contribution in [0.3, 0.4) is 0 Å². The number of benzene rings is 2. The highest BCUT2D eigenvalue weighted by atomic mass is 16.3. The Kier molecular flexibility index (Phi) is 8.04. The van der Waals surface area contributed by atoms with Crippen molar-refractivity contribution in [3.63, 3.8) is 0 Å². The summed E-state index contributed by atoms with van der Waals surface area (Å²) < 4.78 is 0. The Morgan fingerprint density at radius 2 is 1.39 bits per heavy atom. The van der Waals surface area contributed by atoms with Crippen molar-refractivity contribution in [3.05, 3.63) is 47.0 Å². The number of phenolic OH excluding ortho intramolecular Hbond substituents is 4. The zero-order chi connectivity index (χ0) is 20.7. The molecule has 2 aromatic carbocycles. The molecular formula is C24H34O4. The molecule has 4 nitrogen and oxygen atoms in total. The van der Waals surface area contributed by atoms with Crippen LogP contribution in [0.5, 0.6) is 23.0 Å². The smallest absolute Gasteiger partial charge is 0.122 e. The summed E-state index contributed by atoms with van der Waals surface area (Å²) in [5, 5.41) is 40.0. The van der Waals surface area contributed by atoms with Crippen LogP contribution in [0.25, 0.3) is 0 Å². The summed E-state index contributed by atoms with van der Waals surface area (Å²) in [6.45, 7) is 6.71. The van der Waals surface area contributed by atoms with Crippen LogP contribution in [0.2, 0.25) is 0 Å². The summed E-state index contributed by atoms with van der Waals surface area (Å²) >= 11 is 0. The van der Waals surface area contributed by atoms with Crippen molar-refractivity contribution in [3.8, 4) is 23.0 Å². The van der Waals surface area contributed by atoms with Crippen LogP contribution in [0.15, 0.2) is 30.3 Å². The van der Waals surface area contributed by atoms with E-state index in [1.807, 2.05) is 0 Å². The molecule has 4 N–H and O–H groups in total. The third kappa shape index (κ3) is 6.66. The second-order valence-corrected chi connectivity index (χ2v) is 8.39. The highest BCUT2D eigenvalue weighted by Crippen LogP contribution is 2.32. The molecule has 0 heterocycles. The Bertz CT molecular complexity index is 744. The van der Waals surface area contributed by atoms with Crippen molar-refractivity contribution in [2.24, 2.45) is 11.8 Å². The molecule has 28 heavy (non-hydrogen) atoms. The fraction of sp³-hybridized carbons (Fsp3) is 0.500. The Balaban J connectivity index is 1.92. The molecule has 0 amide bonds. The molecule has 0 aliphatic heterocycles. The molecule has 0 fully saturated rings. The standard InChI is InChI=1S/C24H34O4/c1-16(2)5-4-6-17(3)7-12-21-23(27)13-18(14-24(21)28)8-9-19-10-11-20(25)15-22(19)26/h10-11,13-17,25-28H,4-9,12H2,1-3H3. The Hall–Kier alpha value is -2.36. The fourth-order valence-corrected chi connectivity index (χ4v) is 3.55. The van der Waals surface area contributed by atoms with E-state index in [0.717, 1.165) is 23.5 Å². The van der Waals surface area contributed by atoms with Crippen LogP contribution in [0.4, 0.5) is 0 Å². The minimum atomic E-state index is 0.0272. The Morgan fingerprint density at radius 3 is 2.00 bits per heavy atom. The highest BCUT2D eigenvalue weighted by molar-refractivity contribution is 5.47. The molecule has 0 saturated heterocycles. The third-order valence-corrected chi connectivity index (χ3v) is 5.38. The van der Waals surface area contributed by atoms with Gasteiger partial charge in [-0.25, -0.2) is 0 Å². The minimum Gasteiger partial charge on any atom is -0.508 e. The van der Waals surface area contributed by atoms with Gasteiger partial charge in [-0.15, -0.1) is 0 Å². The van der Waals surface area contributed by atoms with E-state index in [-0.39, 0.29) is 23.0 Å². The molecule has 0 aromatic heterocycles. The van der Waals surface area contributed by atoms with Crippen LogP contribution < -0.4 is 0 Å². The maximum Gasteiger partial charge on any atom is 0.122 e. The second kappa shape index (κ2) is 10.3. The molecular weight excluding hydrogens is 352 g/mol. The fourth-order valence-electron chi connectivity index (χ4n) is 3.55. The van der Waals surface area contributed by atoms with Gasteiger partial charge in [-0.05, 0) is 66.8 Å². The largest absolute Gasteiger partial charge is 0.508 e. The topological polar surface area (TPSA) is 80.9 Å². The molecule has 154 valence electrons. The van der Waals surface area contributed by atoms with Gasteiger partial charge in [0.25, 0.3) is 0 Å². The Labute approximate surface area is 168 Å². The van der Waals surface area contributed by atoms with E-state index in [0.29, 0.717) is 30.7 Å². The predicted molar refractivity (Wildman–Crippen MR) is 113 cm³/mol. The Morgan fingerprint density at radius 1 is 0.714 bits per heavy atom. The van der Waals surface area contributed by atoms with Gasteiger partial charge in [0, 0.05) is 11.6 Å². The molecule has 4 heteroatoms. The van der Waals surface area contributed by atoms with Crippen LogP contribution in [0.1, 0.15) is 63.1 Å². The van der Waals surface area contributed by atoms with E-state index in [4.69, 9.17) is 0 Å². The van der Waals surface area contributed by atoms with Gasteiger partial charge >= 0.3 is 0 Å². The molecule has 2 rings (SSSR count). The first-order valence-electron chi connectivity index (χ1n) is 10.3. The third-order valence-electron chi connectivity index (χ3n) is 5.38. The van der Waals surface area contributed by atoms with Gasteiger partial charge in [0.1, 0.15) is 23.0 Å². The predicted octanol–water partition coefficient (Wildman–Crippen LogP) is 5.69. The summed E-state index contributed by atoms with van der Waals surface area (Å²) in [5.41, 5.74) is 2.15. The van der Waals surface area contributed by atoms with Gasteiger partial charge in [-0.1, -0.05) is 46.1 Å². The first kappa shape index (κ1) is 21.9. The lowest BCUT2D eigenvalue weighted by Crippen LogP contribution is -2.00. The van der Waals surface area contributed by atoms with Crippen molar-refractivity contribution in [2.75, 3.05) is 0 Å². The zero-order valence-electron chi connectivity index (χ0n) is 17.3. The molecule has 0 saturated carbocycles. The van der Waals surface area contributed by atoms with Gasteiger partial charge in [-0.3, -0.25) is 0 Å². The van der Waals surface area contributed by atoms with Gasteiger partial charge < -0.3 is 20.4 Å². The van der Waals surface area contributed by atoms with Crippen molar-refractivity contribution in [2.45, 2.75) is 65.7 Å². The number of rotatable bonds is 10. The van der Waals surface area contributed by atoms with Crippen LogP contribution in [-0.2, 0) is 19.3 Å². The summed E-state index contributed by atoms with van der Waals surface area (Å²) in [5.74, 6) is 1.65. The van der Waals surface area contributed by atoms with Crippen molar-refractivity contribution < 1.29 is 20.4 Å². The minimum absolute atomic E-state index is 0.0272. The van der Waals surface area contributed by atoms with E-state index in [2.05, 4.69) is 20.8 Å². The molecule has 1 unspecified atom stereocenters. The second-order valence-electron chi connectivity index (χ2n) is 8.39. The summed E-state index contributed by atoms with van der Waals surface area (Å²) in [7, 11) is 0. The number of hydrogen-bond donors (Lipinski definition) is 4. The van der Waals surface area contributed by atoms with E-state index < -0.39 is 0 Å². The molecule has 0 aliphatic rings. The van der Waals surface area contributed by atoms with Gasteiger partial charge in [0.2, 0.25) is 0 Å². The van der Waals surface area contributed by atoms with Gasteiger partial charge in [0.05, 0.1) is 0 Å². The lowest BCUT2D eigenvalue weighted by atomic mass is 9.93. The number of phenols is 4. The van der Waals surface area contributed by atoms with E-state index in [1.54, 1.807) is 18.2 Å². The number of aryl methyl sites for hydroxylation is 2. The lowest BCUT2D eigenvalue weighted by molar-refractivity contribution is 0.413. The van der Waals surface area contributed by atoms with Crippen LogP contribution in [0, 0.1) is 11.8 Å². The maximum atomic E-state index is 10.4. The first-order chi connectivity index (χ1) is 13.3. The van der Waals surface area contributed by atoms with E-state index in [9.17, 15) is 20.4 Å². The molecule has 0 radical (unpaired) electrons. The lowest BCUT2D eigenvalue weighted by Gasteiger charge is -2.15. The molecule has 0 bridgehead atoms. The van der Waals surface area contributed by atoms with Crippen molar-refractivity contribution in [1.29, 1.82) is 0 Å². The molecule has 2 aromatic rings. The van der Waals surface area contributed by atoms with Gasteiger partial charge in [-0.2, -0.15) is 0 Å². The maximum absolute atomic E-state index is 10.4. The van der Waals surface area contributed by atoms with E-state index in [1.165, 1.54) is 31.4 Å². The van der Waals surface area contributed by atoms with Crippen LogP contribution >= 0.6 is 0 Å². The quantitative estimate of drug-likeness (QED) is 0.423. The monoisotopic (exact) mass is 386 g/mol. The van der Waals surface area contributed by atoms with Crippen molar-refractivity contribution in [1.82, 2.24) is 0 Å². The van der Waals surface area contributed by atoms with E-state index >= 15 is 0 Å². The highest BCUT2D eigenvalue weighted by Gasteiger charge is 2.13. The average molecular weight is 387 g/mol. The first-order valence-corrected chi connectivity index (χ1v) is 10.3. The van der Waals surface area contributed by atoms with Gasteiger partial charge in [0.15, 0.2) is 0 Å². The molecule has 0 spiro atoms. The molecule has 1 atom stereocenters. The van der Waals surface area contributed by atoms with Crippen LogP contribution in [-0.4, -0.2) is 20.4 Å². The summed E-state index contributed by atoms with van der Waals surface area (Å²) in [6.07, 6.45) is 6.38.